The summed E-state index contributed by atoms with van der Waals surface area (Å²) in [7, 11) is -3.32. The topological polar surface area (TPSA) is 72.2 Å². The molecule has 0 heterocycles. The fourth-order valence-corrected chi connectivity index (χ4v) is 3.58. The second-order valence-electron chi connectivity index (χ2n) is 6.00. The zero-order valence-corrected chi connectivity index (χ0v) is 13.6. The Bertz CT molecular complexity index is 516. The van der Waals surface area contributed by atoms with Crippen LogP contribution in [0.1, 0.15) is 33.3 Å². The standard InChI is InChI=1S/C15H26N2O2S/c1-11(2)15(12(3)4)9-17-20(18,19)10-13-6-5-7-14(16)8-13/h5-8,11-12,15,17H,9-10,16H2,1-4H3. The van der Waals surface area contributed by atoms with Crippen LogP contribution >= 0.6 is 0 Å². The molecule has 3 N–H and O–H groups in total. The molecule has 0 bridgehead atoms. The Hall–Kier alpha value is -1.07. The fraction of sp³-hybridized carbons (Fsp3) is 0.600. The van der Waals surface area contributed by atoms with E-state index in [2.05, 4.69) is 32.4 Å². The van der Waals surface area contributed by atoms with Gasteiger partial charge in [-0.1, -0.05) is 39.8 Å². The molecule has 0 amide bonds. The highest BCUT2D eigenvalue weighted by Gasteiger charge is 2.20. The average molecular weight is 298 g/mol. The maximum absolute atomic E-state index is 12.1. The first-order chi connectivity index (χ1) is 9.21. The Morgan fingerprint density at radius 1 is 1.15 bits per heavy atom. The number of nitrogen functional groups attached to an aromatic ring is 1. The third kappa shape index (κ3) is 5.51. The molecule has 0 aliphatic carbocycles. The van der Waals surface area contributed by atoms with Crippen LogP contribution in [0.25, 0.3) is 0 Å². The summed E-state index contributed by atoms with van der Waals surface area (Å²) in [5.41, 5.74) is 6.96. The van der Waals surface area contributed by atoms with Gasteiger partial charge in [-0.25, -0.2) is 13.1 Å². The molecular formula is C15H26N2O2S. The molecule has 0 fully saturated rings. The van der Waals surface area contributed by atoms with Gasteiger partial charge in [-0.3, -0.25) is 0 Å². The van der Waals surface area contributed by atoms with Crippen molar-refractivity contribution in [1.82, 2.24) is 4.72 Å². The number of hydrogen-bond acceptors (Lipinski definition) is 3. The van der Waals surface area contributed by atoms with E-state index in [9.17, 15) is 8.42 Å². The zero-order chi connectivity index (χ0) is 15.3. The third-order valence-electron chi connectivity index (χ3n) is 3.56. The molecule has 5 heteroatoms. The first-order valence-electron chi connectivity index (χ1n) is 7.03. The van der Waals surface area contributed by atoms with Gasteiger partial charge in [0.1, 0.15) is 0 Å². The van der Waals surface area contributed by atoms with Crippen LogP contribution in [0.3, 0.4) is 0 Å². The summed E-state index contributed by atoms with van der Waals surface area (Å²) in [6, 6.07) is 6.99. The first-order valence-corrected chi connectivity index (χ1v) is 8.68. The van der Waals surface area contributed by atoms with Gasteiger partial charge in [-0.05, 0) is 35.4 Å². The summed E-state index contributed by atoms with van der Waals surface area (Å²) in [6.45, 7) is 8.97. The quantitative estimate of drug-likeness (QED) is 0.760. The highest BCUT2D eigenvalue weighted by atomic mass is 32.2. The summed E-state index contributed by atoms with van der Waals surface area (Å²) in [6.07, 6.45) is 0. The van der Waals surface area contributed by atoms with Gasteiger partial charge < -0.3 is 5.73 Å². The van der Waals surface area contributed by atoms with Gasteiger partial charge in [-0.15, -0.1) is 0 Å². The summed E-state index contributed by atoms with van der Waals surface area (Å²) in [5.74, 6) is 1.21. The fourth-order valence-electron chi connectivity index (χ4n) is 2.42. The van der Waals surface area contributed by atoms with E-state index in [0.29, 0.717) is 35.5 Å². The van der Waals surface area contributed by atoms with Crippen LogP contribution in [-0.4, -0.2) is 15.0 Å². The molecule has 0 saturated carbocycles. The van der Waals surface area contributed by atoms with Crippen molar-refractivity contribution in [1.29, 1.82) is 0 Å². The predicted octanol–water partition coefficient (Wildman–Crippen LogP) is 2.62. The van der Waals surface area contributed by atoms with E-state index < -0.39 is 10.0 Å². The molecule has 0 unspecified atom stereocenters. The van der Waals surface area contributed by atoms with Crippen LogP contribution in [-0.2, 0) is 15.8 Å². The lowest BCUT2D eigenvalue weighted by atomic mass is 9.86. The molecule has 0 spiro atoms. The monoisotopic (exact) mass is 298 g/mol. The number of rotatable bonds is 7. The van der Waals surface area contributed by atoms with Crippen molar-refractivity contribution < 1.29 is 8.42 Å². The molecule has 20 heavy (non-hydrogen) atoms. The highest BCUT2D eigenvalue weighted by Crippen LogP contribution is 2.20. The van der Waals surface area contributed by atoms with Crippen LogP contribution in [0, 0.1) is 17.8 Å². The number of hydrogen-bond donors (Lipinski definition) is 2. The smallest absolute Gasteiger partial charge is 0.215 e. The summed E-state index contributed by atoms with van der Waals surface area (Å²) < 4.78 is 26.9. The highest BCUT2D eigenvalue weighted by molar-refractivity contribution is 7.88. The molecule has 1 aromatic carbocycles. The SMILES string of the molecule is CC(C)C(CNS(=O)(=O)Cc1cccc(N)c1)C(C)C. The van der Waals surface area contributed by atoms with Crippen molar-refractivity contribution in [2.75, 3.05) is 12.3 Å². The third-order valence-corrected chi connectivity index (χ3v) is 4.88. The Balaban J connectivity index is 2.66. The molecular weight excluding hydrogens is 272 g/mol. The summed E-state index contributed by atoms with van der Waals surface area (Å²) >= 11 is 0. The molecule has 1 aromatic rings. The number of benzene rings is 1. The Morgan fingerprint density at radius 2 is 1.75 bits per heavy atom. The number of anilines is 1. The molecule has 0 saturated heterocycles. The number of sulfonamides is 1. The molecule has 0 aromatic heterocycles. The van der Waals surface area contributed by atoms with Crippen molar-refractivity contribution >= 4 is 15.7 Å². The number of nitrogens with one attached hydrogen (secondary N) is 1. The van der Waals surface area contributed by atoms with Crippen molar-refractivity contribution in [2.24, 2.45) is 17.8 Å². The molecule has 0 aliphatic heterocycles. The van der Waals surface area contributed by atoms with E-state index in [0.717, 1.165) is 0 Å². The lowest BCUT2D eigenvalue weighted by Crippen LogP contribution is -2.34. The number of nitrogens with two attached hydrogens (primary N) is 1. The van der Waals surface area contributed by atoms with E-state index in [-0.39, 0.29) is 5.75 Å². The van der Waals surface area contributed by atoms with E-state index in [1.54, 1.807) is 24.3 Å². The summed E-state index contributed by atoms with van der Waals surface area (Å²) in [4.78, 5) is 0. The lowest BCUT2D eigenvalue weighted by molar-refractivity contribution is 0.289. The van der Waals surface area contributed by atoms with Crippen LogP contribution in [0.5, 0.6) is 0 Å². The Morgan fingerprint density at radius 3 is 2.25 bits per heavy atom. The van der Waals surface area contributed by atoms with Gasteiger partial charge in [0.25, 0.3) is 0 Å². The molecule has 4 nitrogen and oxygen atoms in total. The minimum absolute atomic E-state index is 0.0268. The Labute approximate surface area is 122 Å². The molecule has 0 atom stereocenters. The van der Waals surface area contributed by atoms with Gasteiger partial charge in [0, 0.05) is 12.2 Å². The summed E-state index contributed by atoms with van der Waals surface area (Å²) in [5, 5.41) is 0. The Kier molecular flexibility index (Phi) is 6.02. The molecule has 114 valence electrons. The minimum Gasteiger partial charge on any atom is -0.399 e. The molecule has 0 aliphatic rings. The van der Waals surface area contributed by atoms with Crippen molar-refractivity contribution in [3.63, 3.8) is 0 Å². The van der Waals surface area contributed by atoms with Gasteiger partial charge in [0.2, 0.25) is 10.0 Å². The van der Waals surface area contributed by atoms with Crippen molar-refractivity contribution in [3.8, 4) is 0 Å². The van der Waals surface area contributed by atoms with E-state index in [1.165, 1.54) is 0 Å². The van der Waals surface area contributed by atoms with Gasteiger partial charge in [0.05, 0.1) is 5.75 Å². The van der Waals surface area contributed by atoms with Crippen LogP contribution in [0.4, 0.5) is 5.69 Å². The second-order valence-corrected chi connectivity index (χ2v) is 7.81. The van der Waals surface area contributed by atoms with Gasteiger partial charge >= 0.3 is 0 Å². The maximum atomic E-state index is 12.1. The maximum Gasteiger partial charge on any atom is 0.215 e. The van der Waals surface area contributed by atoms with E-state index >= 15 is 0 Å². The lowest BCUT2D eigenvalue weighted by Gasteiger charge is -2.25. The zero-order valence-electron chi connectivity index (χ0n) is 12.8. The molecule has 1 rings (SSSR count). The average Bonchev–Trinajstić information content (AvgIpc) is 2.26. The van der Waals surface area contributed by atoms with Crippen LogP contribution in [0.2, 0.25) is 0 Å². The molecule has 0 radical (unpaired) electrons. The normalized spacial score (nSPS) is 12.6. The van der Waals surface area contributed by atoms with Gasteiger partial charge in [0.15, 0.2) is 0 Å². The van der Waals surface area contributed by atoms with Crippen molar-refractivity contribution in [3.05, 3.63) is 29.8 Å². The predicted molar refractivity (Wildman–Crippen MR) is 84.6 cm³/mol. The largest absolute Gasteiger partial charge is 0.399 e. The van der Waals surface area contributed by atoms with Gasteiger partial charge in [-0.2, -0.15) is 0 Å². The van der Waals surface area contributed by atoms with Crippen molar-refractivity contribution in [2.45, 2.75) is 33.4 Å². The first kappa shape index (κ1) is 17.0. The van der Waals surface area contributed by atoms with Crippen LogP contribution in [0.15, 0.2) is 24.3 Å². The van der Waals surface area contributed by atoms with Crippen LogP contribution < -0.4 is 10.5 Å². The minimum atomic E-state index is -3.32. The van der Waals surface area contributed by atoms with E-state index in [4.69, 9.17) is 5.73 Å². The van der Waals surface area contributed by atoms with E-state index in [1.807, 2.05) is 0 Å². The second kappa shape index (κ2) is 7.09.